The van der Waals surface area contributed by atoms with E-state index in [1.807, 2.05) is 6.07 Å². The molecule has 0 spiro atoms. The van der Waals surface area contributed by atoms with E-state index in [2.05, 4.69) is 10.3 Å². The Morgan fingerprint density at radius 2 is 2.10 bits per heavy atom. The van der Waals surface area contributed by atoms with Gasteiger partial charge in [-0.3, -0.25) is 10.1 Å². The zero-order valence-corrected chi connectivity index (χ0v) is 11.4. The summed E-state index contributed by atoms with van der Waals surface area (Å²) in [5, 5.41) is 14.3. The van der Waals surface area contributed by atoms with Crippen LogP contribution in [0.4, 0.5) is 5.69 Å². The molecule has 1 N–H and O–H groups in total. The van der Waals surface area contributed by atoms with Crippen molar-refractivity contribution in [3.63, 3.8) is 0 Å². The van der Waals surface area contributed by atoms with Crippen LogP contribution in [0.15, 0.2) is 42.6 Å². The Kier molecular flexibility index (Phi) is 3.79. The van der Waals surface area contributed by atoms with Crippen LogP contribution in [0.1, 0.15) is 18.4 Å². The zero-order chi connectivity index (χ0) is 14.7. The highest BCUT2D eigenvalue weighted by Gasteiger charge is 2.20. The predicted octanol–water partition coefficient (Wildman–Crippen LogP) is 3.03. The molecule has 1 aliphatic rings. The van der Waals surface area contributed by atoms with Gasteiger partial charge in [0.1, 0.15) is 0 Å². The number of hydrogen-bond donors (Lipinski definition) is 1. The number of para-hydroxylation sites is 2. The van der Waals surface area contributed by atoms with Gasteiger partial charge in [-0.1, -0.05) is 18.2 Å². The maximum Gasteiger partial charge on any atom is 0.311 e. The standard InChI is InChI=1S/C15H15N3O3/c19-18(20)13-3-1-2-4-14(13)21-15-8-5-11(10-17-15)9-16-12-6-7-12/h1-5,8,10,12,16H,6-7,9H2. The predicted molar refractivity (Wildman–Crippen MR) is 77.3 cm³/mol. The topological polar surface area (TPSA) is 77.3 Å². The van der Waals surface area contributed by atoms with Gasteiger partial charge < -0.3 is 10.1 Å². The lowest BCUT2D eigenvalue weighted by atomic mass is 10.3. The van der Waals surface area contributed by atoms with E-state index in [4.69, 9.17) is 4.74 Å². The minimum absolute atomic E-state index is 0.0706. The number of rotatable bonds is 6. The van der Waals surface area contributed by atoms with Crippen LogP contribution >= 0.6 is 0 Å². The normalized spacial score (nSPS) is 13.9. The summed E-state index contributed by atoms with van der Waals surface area (Å²) < 4.78 is 5.49. The fourth-order valence-electron chi connectivity index (χ4n) is 1.93. The fourth-order valence-corrected chi connectivity index (χ4v) is 1.93. The molecular formula is C15H15N3O3. The molecule has 0 bridgehead atoms. The lowest BCUT2D eigenvalue weighted by Gasteiger charge is -2.06. The Morgan fingerprint density at radius 1 is 1.29 bits per heavy atom. The van der Waals surface area contributed by atoms with E-state index in [0.717, 1.165) is 12.1 Å². The summed E-state index contributed by atoms with van der Waals surface area (Å²) in [6.45, 7) is 0.781. The minimum Gasteiger partial charge on any atom is -0.432 e. The molecule has 0 aliphatic heterocycles. The van der Waals surface area contributed by atoms with Crippen LogP contribution in [0.5, 0.6) is 11.6 Å². The van der Waals surface area contributed by atoms with Crippen molar-refractivity contribution in [3.8, 4) is 11.6 Å². The molecule has 0 atom stereocenters. The molecule has 0 amide bonds. The van der Waals surface area contributed by atoms with Gasteiger partial charge in [0.2, 0.25) is 11.6 Å². The van der Waals surface area contributed by atoms with E-state index in [1.165, 1.54) is 18.9 Å². The molecular weight excluding hydrogens is 270 g/mol. The first-order valence-electron chi connectivity index (χ1n) is 6.82. The molecule has 2 aromatic rings. The van der Waals surface area contributed by atoms with Crippen LogP contribution in [0.2, 0.25) is 0 Å². The first-order chi connectivity index (χ1) is 10.2. The molecule has 0 radical (unpaired) electrons. The van der Waals surface area contributed by atoms with Crippen molar-refractivity contribution >= 4 is 5.69 Å². The summed E-state index contributed by atoms with van der Waals surface area (Å²) in [5.74, 6) is 0.540. The van der Waals surface area contributed by atoms with Crippen molar-refractivity contribution in [1.29, 1.82) is 0 Å². The van der Waals surface area contributed by atoms with Crippen molar-refractivity contribution < 1.29 is 9.66 Å². The van der Waals surface area contributed by atoms with E-state index in [1.54, 1.807) is 30.5 Å². The maximum atomic E-state index is 10.9. The van der Waals surface area contributed by atoms with Crippen molar-refractivity contribution in [2.45, 2.75) is 25.4 Å². The number of nitrogens with zero attached hydrogens (tertiary/aromatic N) is 2. The third-order valence-corrected chi connectivity index (χ3v) is 3.25. The van der Waals surface area contributed by atoms with Gasteiger partial charge in [-0.15, -0.1) is 0 Å². The highest BCUT2D eigenvalue weighted by atomic mass is 16.6. The maximum absolute atomic E-state index is 10.9. The van der Waals surface area contributed by atoms with Crippen LogP contribution in [0, 0.1) is 10.1 Å². The van der Waals surface area contributed by atoms with Gasteiger partial charge in [0.25, 0.3) is 0 Å². The highest BCUT2D eigenvalue weighted by molar-refractivity contribution is 5.47. The third kappa shape index (κ3) is 3.55. The average molecular weight is 285 g/mol. The van der Waals surface area contributed by atoms with Crippen LogP contribution in [-0.2, 0) is 6.54 Å². The van der Waals surface area contributed by atoms with Crippen molar-refractivity contribution in [2.75, 3.05) is 0 Å². The van der Waals surface area contributed by atoms with E-state index >= 15 is 0 Å². The van der Waals surface area contributed by atoms with Gasteiger partial charge in [0.05, 0.1) is 4.92 Å². The molecule has 6 nitrogen and oxygen atoms in total. The summed E-state index contributed by atoms with van der Waals surface area (Å²) in [7, 11) is 0. The molecule has 1 aliphatic carbocycles. The molecule has 108 valence electrons. The smallest absolute Gasteiger partial charge is 0.311 e. The Labute approximate surface area is 121 Å². The van der Waals surface area contributed by atoms with Gasteiger partial charge in [-0.2, -0.15) is 0 Å². The fraction of sp³-hybridized carbons (Fsp3) is 0.267. The molecule has 1 heterocycles. The van der Waals surface area contributed by atoms with Crippen LogP contribution in [0.25, 0.3) is 0 Å². The summed E-state index contributed by atoms with van der Waals surface area (Å²) in [6, 6.07) is 10.5. The quantitative estimate of drug-likeness (QED) is 0.652. The lowest BCUT2D eigenvalue weighted by Crippen LogP contribution is -2.15. The molecule has 3 rings (SSSR count). The summed E-state index contributed by atoms with van der Waals surface area (Å²) in [4.78, 5) is 14.6. The Morgan fingerprint density at radius 3 is 2.76 bits per heavy atom. The molecule has 1 aromatic heterocycles. The molecule has 6 heteroatoms. The Hall–Kier alpha value is -2.47. The molecule has 1 fully saturated rings. The molecule has 1 aromatic carbocycles. The van der Waals surface area contributed by atoms with E-state index < -0.39 is 4.92 Å². The first kappa shape index (κ1) is 13.5. The van der Waals surface area contributed by atoms with Gasteiger partial charge in [-0.25, -0.2) is 4.98 Å². The summed E-state index contributed by atoms with van der Waals surface area (Å²) in [5.41, 5.74) is 0.996. The number of aromatic nitrogens is 1. The van der Waals surface area contributed by atoms with Crippen molar-refractivity contribution in [2.24, 2.45) is 0 Å². The number of ether oxygens (including phenoxy) is 1. The van der Waals surface area contributed by atoms with Crippen LogP contribution < -0.4 is 10.1 Å². The number of nitro groups is 1. The van der Waals surface area contributed by atoms with Crippen LogP contribution in [0.3, 0.4) is 0 Å². The second kappa shape index (κ2) is 5.88. The SMILES string of the molecule is O=[N+]([O-])c1ccccc1Oc1ccc(CNC2CC2)cn1. The third-order valence-electron chi connectivity index (χ3n) is 3.25. The van der Waals surface area contributed by atoms with Gasteiger partial charge >= 0.3 is 5.69 Å². The average Bonchev–Trinajstić information content (AvgIpc) is 3.31. The minimum atomic E-state index is -0.469. The molecule has 21 heavy (non-hydrogen) atoms. The van der Waals surface area contributed by atoms with Gasteiger partial charge in [0.15, 0.2) is 0 Å². The molecule has 1 saturated carbocycles. The van der Waals surface area contributed by atoms with E-state index in [-0.39, 0.29) is 11.4 Å². The molecule has 0 unspecified atom stereocenters. The monoisotopic (exact) mass is 285 g/mol. The Balaban J connectivity index is 1.68. The number of nitrogens with one attached hydrogen (secondary N) is 1. The molecule has 0 saturated heterocycles. The van der Waals surface area contributed by atoms with Crippen molar-refractivity contribution in [1.82, 2.24) is 10.3 Å². The first-order valence-corrected chi connectivity index (χ1v) is 6.82. The second-order valence-electron chi connectivity index (χ2n) is 4.99. The van der Waals surface area contributed by atoms with E-state index in [9.17, 15) is 10.1 Å². The highest BCUT2D eigenvalue weighted by Crippen LogP contribution is 2.29. The number of nitro benzene ring substituents is 1. The van der Waals surface area contributed by atoms with E-state index in [0.29, 0.717) is 11.9 Å². The Bertz CT molecular complexity index is 639. The second-order valence-corrected chi connectivity index (χ2v) is 4.99. The van der Waals surface area contributed by atoms with Gasteiger partial charge in [-0.05, 0) is 24.5 Å². The largest absolute Gasteiger partial charge is 0.432 e. The number of pyridine rings is 1. The zero-order valence-electron chi connectivity index (χ0n) is 11.4. The van der Waals surface area contributed by atoms with Crippen molar-refractivity contribution in [3.05, 3.63) is 58.3 Å². The lowest BCUT2D eigenvalue weighted by molar-refractivity contribution is -0.385. The summed E-state index contributed by atoms with van der Waals surface area (Å²) in [6.07, 6.45) is 4.21. The van der Waals surface area contributed by atoms with Gasteiger partial charge in [0, 0.05) is 30.9 Å². The number of hydrogen-bond acceptors (Lipinski definition) is 5. The summed E-state index contributed by atoms with van der Waals surface area (Å²) >= 11 is 0. The number of benzene rings is 1. The van der Waals surface area contributed by atoms with Crippen LogP contribution in [-0.4, -0.2) is 15.9 Å².